The fourth-order valence-corrected chi connectivity index (χ4v) is 2.30. The van der Waals surface area contributed by atoms with Gasteiger partial charge in [0.15, 0.2) is 0 Å². The fourth-order valence-electron chi connectivity index (χ4n) is 2.30. The molecule has 1 aliphatic rings. The van der Waals surface area contributed by atoms with Crippen molar-refractivity contribution in [2.24, 2.45) is 11.7 Å². The van der Waals surface area contributed by atoms with E-state index in [9.17, 15) is 9.59 Å². The monoisotopic (exact) mass is 271 g/mol. The summed E-state index contributed by atoms with van der Waals surface area (Å²) >= 11 is 0. The average Bonchev–Trinajstić information content (AvgIpc) is 2.39. The lowest BCUT2D eigenvalue weighted by Crippen LogP contribution is -2.44. The Bertz CT molecular complexity index is 297. The van der Waals surface area contributed by atoms with Crippen LogP contribution in [0.15, 0.2) is 0 Å². The first-order valence-corrected chi connectivity index (χ1v) is 6.94. The molecule has 1 saturated carbocycles. The maximum absolute atomic E-state index is 11.9. The predicted octanol–water partition coefficient (Wildman–Crippen LogP) is -0.227. The maximum atomic E-state index is 11.9. The molecule has 2 amide bonds. The summed E-state index contributed by atoms with van der Waals surface area (Å²) in [4.78, 5) is 23.3. The van der Waals surface area contributed by atoms with Crippen molar-refractivity contribution < 1.29 is 14.3 Å². The molecule has 0 aromatic rings. The summed E-state index contributed by atoms with van der Waals surface area (Å²) in [7, 11) is 1.58. The number of methoxy groups -OCH3 is 1. The topological polar surface area (TPSA) is 93.5 Å². The molecule has 2 atom stereocenters. The Hall–Kier alpha value is -1.14. The minimum absolute atomic E-state index is 0.0168. The molecule has 1 aliphatic carbocycles. The van der Waals surface area contributed by atoms with Crippen LogP contribution in [0.4, 0.5) is 0 Å². The van der Waals surface area contributed by atoms with Gasteiger partial charge in [-0.2, -0.15) is 0 Å². The summed E-state index contributed by atoms with van der Waals surface area (Å²) in [5.74, 6) is -0.188. The largest absolute Gasteiger partial charge is 0.383 e. The molecule has 0 heterocycles. The van der Waals surface area contributed by atoms with Crippen molar-refractivity contribution in [2.75, 3.05) is 26.8 Å². The van der Waals surface area contributed by atoms with E-state index in [-0.39, 0.29) is 30.2 Å². The minimum Gasteiger partial charge on any atom is -0.383 e. The first-order chi connectivity index (χ1) is 9.15. The second-order valence-electron chi connectivity index (χ2n) is 4.94. The van der Waals surface area contributed by atoms with Crippen LogP contribution in [0, 0.1) is 5.92 Å². The Balaban J connectivity index is 2.14. The van der Waals surface area contributed by atoms with Gasteiger partial charge in [0.1, 0.15) is 0 Å². The quantitative estimate of drug-likeness (QED) is 0.558. The van der Waals surface area contributed by atoms with E-state index < -0.39 is 0 Å². The summed E-state index contributed by atoms with van der Waals surface area (Å²) in [6.45, 7) is 1.35. The van der Waals surface area contributed by atoms with Gasteiger partial charge in [0.05, 0.1) is 12.5 Å². The lowest BCUT2D eigenvalue weighted by Gasteiger charge is -2.27. The van der Waals surface area contributed by atoms with Crippen LogP contribution in [0.25, 0.3) is 0 Å². The third-order valence-corrected chi connectivity index (χ3v) is 3.44. The van der Waals surface area contributed by atoms with Crippen molar-refractivity contribution in [3.8, 4) is 0 Å². The highest BCUT2D eigenvalue weighted by atomic mass is 16.5. The van der Waals surface area contributed by atoms with Crippen molar-refractivity contribution in [2.45, 2.75) is 38.1 Å². The Morgan fingerprint density at radius 2 is 1.95 bits per heavy atom. The minimum atomic E-state index is -0.0923. The molecule has 4 N–H and O–H groups in total. The van der Waals surface area contributed by atoms with E-state index in [1.54, 1.807) is 7.11 Å². The van der Waals surface area contributed by atoms with E-state index in [0.717, 1.165) is 25.7 Å². The number of nitrogens with two attached hydrogens (primary N) is 1. The Labute approximate surface area is 114 Å². The number of hydrogen-bond donors (Lipinski definition) is 3. The van der Waals surface area contributed by atoms with Gasteiger partial charge in [0, 0.05) is 32.7 Å². The highest BCUT2D eigenvalue weighted by Crippen LogP contribution is 2.22. The molecular weight excluding hydrogens is 246 g/mol. The SMILES string of the molecule is COCCNC(=O)CCNC(=O)C1CCCCC1N. The zero-order valence-electron chi connectivity index (χ0n) is 11.6. The van der Waals surface area contributed by atoms with Crippen LogP contribution in [-0.2, 0) is 14.3 Å². The van der Waals surface area contributed by atoms with Crippen molar-refractivity contribution in [3.63, 3.8) is 0 Å². The second-order valence-corrected chi connectivity index (χ2v) is 4.94. The maximum Gasteiger partial charge on any atom is 0.224 e. The number of amides is 2. The molecular formula is C13H25N3O3. The van der Waals surface area contributed by atoms with Crippen LogP contribution in [0.1, 0.15) is 32.1 Å². The highest BCUT2D eigenvalue weighted by Gasteiger charge is 2.27. The van der Waals surface area contributed by atoms with Gasteiger partial charge >= 0.3 is 0 Å². The third kappa shape index (κ3) is 6.02. The normalized spacial score (nSPS) is 22.8. The van der Waals surface area contributed by atoms with Gasteiger partial charge in [-0.05, 0) is 12.8 Å². The Morgan fingerprint density at radius 1 is 1.21 bits per heavy atom. The lowest BCUT2D eigenvalue weighted by atomic mass is 9.84. The molecule has 0 spiro atoms. The summed E-state index contributed by atoms with van der Waals surface area (Å²) in [6, 6.07) is -0.0377. The van der Waals surface area contributed by atoms with Crippen LogP contribution >= 0.6 is 0 Å². The van der Waals surface area contributed by atoms with Gasteiger partial charge in [-0.25, -0.2) is 0 Å². The average molecular weight is 271 g/mol. The second kappa shape index (κ2) is 8.87. The summed E-state index contributed by atoms with van der Waals surface area (Å²) in [5.41, 5.74) is 5.94. The molecule has 0 bridgehead atoms. The molecule has 1 fully saturated rings. The molecule has 0 saturated heterocycles. The number of hydrogen-bond acceptors (Lipinski definition) is 4. The lowest BCUT2D eigenvalue weighted by molar-refractivity contribution is -0.126. The molecule has 0 aliphatic heterocycles. The number of rotatable bonds is 7. The predicted molar refractivity (Wildman–Crippen MR) is 72.4 cm³/mol. The molecule has 0 radical (unpaired) electrons. The Kier molecular flexibility index (Phi) is 7.43. The Morgan fingerprint density at radius 3 is 2.63 bits per heavy atom. The summed E-state index contributed by atoms with van der Waals surface area (Å²) < 4.78 is 4.83. The molecule has 0 aromatic carbocycles. The first kappa shape index (κ1) is 15.9. The number of carbonyl (C=O) groups is 2. The smallest absolute Gasteiger partial charge is 0.224 e. The highest BCUT2D eigenvalue weighted by molar-refractivity contribution is 5.81. The molecule has 2 unspecified atom stereocenters. The molecule has 0 aromatic heterocycles. The van der Waals surface area contributed by atoms with Gasteiger partial charge in [0.25, 0.3) is 0 Å². The summed E-state index contributed by atoms with van der Waals surface area (Å²) in [5, 5.41) is 5.50. The molecule has 6 nitrogen and oxygen atoms in total. The first-order valence-electron chi connectivity index (χ1n) is 6.94. The molecule has 19 heavy (non-hydrogen) atoms. The van der Waals surface area contributed by atoms with Crippen molar-refractivity contribution in [1.29, 1.82) is 0 Å². The fraction of sp³-hybridized carbons (Fsp3) is 0.846. The molecule has 1 rings (SSSR count). The van der Waals surface area contributed by atoms with Gasteiger partial charge in [0.2, 0.25) is 11.8 Å². The van der Waals surface area contributed by atoms with Gasteiger partial charge in [-0.1, -0.05) is 12.8 Å². The summed E-state index contributed by atoms with van der Waals surface area (Å²) in [6.07, 6.45) is 4.22. The number of ether oxygens (including phenoxy) is 1. The van der Waals surface area contributed by atoms with Crippen molar-refractivity contribution in [1.82, 2.24) is 10.6 Å². The van der Waals surface area contributed by atoms with Crippen LogP contribution < -0.4 is 16.4 Å². The van der Waals surface area contributed by atoms with Crippen molar-refractivity contribution in [3.05, 3.63) is 0 Å². The van der Waals surface area contributed by atoms with E-state index in [4.69, 9.17) is 10.5 Å². The number of nitrogens with one attached hydrogen (secondary N) is 2. The van der Waals surface area contributed by atoms with E-state index in [2.05, 4.69) is 10.6 Å². The van der Waals surface area contributed by atoms with Crippen molar-refractivity contribution >= 4 is 11.8 Å². The van der Waals surface area contributed by atoms with E-state index in [1.165, 1.54) is 0 Å². The third-order valence-electron chi connectivity index (χ3n) is 3.44. The van der Waals surface area contributed by atoms with Gasteiger partial charge in [-0.15, -0.1) is 0 Å². The molecule has 110 valence electrons. The number of carbonyl (C=O) groups excluding carboxylic acids is 2. The van der Waals surface area contributed by atoms with Crippen LogP contribution in [0.3, 0.4) is 0 Å². The van der Waals surface area contributed by atoms with Crippen LogP contribution in [-0.4, -0.2) is 44.7 Å². The van der Waals surface area contributed by atoms with Gasteiger partial charge < -0.3 is 21.1 Å². The zero-order chi connectivity index (χ0) is 14.1. The van der Waals surface area contributed by atoms with Crippen LogP contribution in [0.2, 0.25) is 0 Å². The standard InChI is InChI=1S/C13H25N3O3/c1-19-9-8-15-12(17)6-7-16-13(18)10-4-2-3-5-11(10)14/h10-11H,2-9,14H2,1H3,(H,15,17)(H,16,18). The molecule has 6 heteroatoms. The van der Waals surface area contributed by atoms with E-state index >= 15 is 0 Å². The van der Waals surface area contributed by atoms with E-state index in [0.29, 0.717) is 19.7 Å². The van der Waals surface area contributed by atoms with Crippen LogP contribution in [0.5, 0.6) is 0 Å². The van der Waals surface area contributed by atoms with Gasteiger partial charge in [-0.3, -0.25) is 9.59 Å². The zero-order valence-corrected chi connectivity index (χ0v) is 11.6. The van der Waals surface area contributed by atoms with E-state index in [1.807, 2.05) is 0 Å².